The number of thiazole rings is 1. The van der Waals surface area contributed by atoms with Crippen molar-refractivity contribution in [3.63, 3.8) is 0 Å². The van der Waals surface area contributed by atoms with E-state index in [1.165, 1.54) is 11.3 Å². The maximum atomic E-state index is 11.8. The lowest BCUT2D eigenvalue weighted by atomic mass is 10.2. The largest absolute Gasteiger partial charge is 0.490 e. The van der Waals surface area contributed by atoms with Crippen LogP contribution in [0.3, 0.4) is 0 Å². The van der Waals surface area contributed by atoms with Gasteiger partial charge in [0, 0.05) is 17.6 Å². The van der Waals surface area contributed by atoms with E-state index in [2.05, 4.69) is 26.2 Å². The second-order valence-corrected chi connectivity index (χ2v) is 5.75. The molecule has 114 valence electrons. The highest BCUT2D eigenvalue weighted by Crippen LogP contribution is 2.36. The minimum atomic E-state index is -0.325. The van der Waals surface area contributed by atoms with Crippen molar-refractivity contribution in [2.75, 3.05) is 18.5 Å². The van der Waals surface area contributed by atoms with Crippen molar-refractivity contribution in [3.05, 3.63) is 33.7 Å². The fraction of sp³-hybridized carbons (Fsp3) is 0.214. The lowest BCUT2D eigenvalue weighted by molar-refractivity contribution is -0.118. The van der Waals surface area contributed by atoms with Gasteiger partial charge in [-0.2, -0.15) is 5.26 Å². The second-order valence-electron chi connectivity index (χ2n) is 4.00. The standard InChI is InChI=1S/C14H12BrN3O3S/c1-2-20-11-6-9(7-16)5-10(15)13(11)21-8-12(19)18-14-17-3-4-22-14/h3-6H,2,8H2,1H3,(H,17,18,19). The quantitative estimate of drug-likeness (QED) is 0.830. The van der Waals surface area contributed by atoms with E-state index < -0.39 is 0 Å². The highest BCUT2D eigenvalue weighted by Gasteiger charge is 2.14. The van der Waals surface area contributed by atoms with Crippen LogP contribution in [0.15, 0.2) is 28.2 Å². The Kier molecular flexibility index (Phi) is 5.75. The van der Waals surface area contributed by atoms with Crippen LogP contribution in [0.1, 0.15) is 12.5 Å². The van der Waals surface area contributed by atoms with E-state index >= 15 is 0 Å². The Morgan fingerprint density at radius 3 is 2.95 bits per heavy atom. The molecule has 0 radical (unpaired) electrons. The van der Waals surface area contributed by atoms with E-state index in [0.29, 0.717) is 33.3 Å². The topological polar surface area (TPSA) is 84.2 Å². The Morgan fingerprint density at radius 2 is 2.32 bits per heavy atom. The van der Waals surface area contributed by atoms with Gasteiger partial charge in [0.15, 0.2) is 23.2 Å². The average molecular weight is 382 g/mol. The van der Waals surface area contributed by atoms with Gasteiger partial charge in [-0.05, 0) is 28.9 Å². The van der Waals surface area contributed by atoms with Crippen molar-refractivity contribution in [1.29, 1.82) is 5.26 Å². The van der Waals surface area contributed by atoms with Crippen molar-refractivity contribution < 1.29 is 14.3 Å². The molecule has 8 heteroatoms. The van der Waals surface area contributed by atoms with Gasteiger partial charge in [0.1, 0.15) is 0 Å². The zero-order chi connectivity index (χ0) is 15.9. The smallest absolute Gasteiger partial charge is 0.264 e. The number of anilines is 1. The molecule has 0 saturated carbocycles. The summed E-state index contributed by atoms with van der Waals surface area (Å²) in [5.41, 5.74) is 0.440. The molecule has 1 aromatic heterocycles. The van der Waals surface area contributed by atoms with E-state index in [9.17, 15) is 4.79 Å². The summed E-state index contributed by atoms with van der Waals surface area (Å²) in [6.07, 6.45) is 1.60. The molecular weight excluding hydrogens is 370 g/mol. The number of carbonyl (C=O) groups excluding carboxylic acids is 1. The van der Waals surface area contributed by atoms with Crippen LogP contribution in [0.5, 0.6) is 11.5 Å². The molecule has 6 nitrogen and oxygen atoms in total. The van der Waals surface area contributed by atoms with E-state index in [4.69, 9.17) is 14.7 Å². The summed E-state index contributed by atoms with van der Waals surface area (Å²) in [5, 5.41) is 13.9. The molecule has 1 heterocycles. The number of rotatable bonds is 6. The van der Waals surface area contributed by atoms with Crippen LogP contribution in [0.2, 0.25) is 0 Å². The van der Waals surface area contributed by atoms with Gasteiger partial charge < -0.3 is 9.47 Å². The van der Waals surface area contributed by atoms with Crippen LogP contribution in [0, 0.1) is 11.3 Å². The number of nitrogens with zero attached hydrogens (tertiary/aromatic N) is 2. The van der Waals surface area contributed by atoms with Crippen LogP contribution >= 0.6 is 27.3 Å². The molecule has 0 atom stereocenters. The summed E-state index contributed by atoms with van der Waals surface area (Å²) in [4.78, 5) is 15.8. The third-order valence-corrected chi connectivity index (χ3v) is 3.74. The van der Waals surface area contributed by atoms with E-state index in [0.717, 1.165) is 0 Å². The monoisotopic (exact) mass is 381 g/mol. The Balaban J connectivity index is 2.08. The summed E-state index contributed by atoms with van der Waals surface area (Å²) >= 11 is 4.65. The third kappa shape index (κ3) is 4.19. The number of hydrogen-bond donors (Lipinski definition) is 1. The van der Waals surface area contributed by atoms with Crippen molar-refractivity contribution >= 4 is 38.3 Å². The molecule has 0 unspecified atom stereocenters. The predicted molar refractivity (Wildman–Crippen MR) is 86.3 cm³/mol. The van der Waals surface area contributed by atoms with E-state index in [1.54, 1.807) is 23.7 Å². The van der Waals surface area contributed by atoms with Gasteiger partial charge in [-0.1, -0.05) is 0 Å². The molecule has 1 aromatic carbocycles. The van der Waals surface area contributed by atoms with Crippen LogP contribution in [0.4, 0.5) is 5.13 Å². The Morgan fingerprint density at radius 1 is 1.50 bits per heavy atom. The summed E-state index contributed by atoms with van der Waals surface area (Å²) < 4.78 is 11.5. The van der Waals surface area contributed by atoms with Gasteiger partial charge in [0.2, 0.25) is 0 Å². The Hall–Kier alpha value is -2.11. The summed E-state index contributed by atoms with van der Waals surface area (Å²) in [5.74, 6) is 0.472. The van der Waals surface area contributed by atoms with Gasteiger partial charge >= 0.3 is 0 Å². The highest BCUT2D eigenvalue weighted by atomic mass is 79.9. The highest BCUT2D eigenvalue weighted by molar-refractivity contribution is 9.10. The van der Waals surface area contributed by atoms with Crippen molar-refractivity contribution in [2.45, 2.75) is 6.92 Å². The molecule has 0 spiro atoms. The average Bonchev–Trinajstić information content (AvgIpc) is 2.99. The number of hydrogen-bond acceptors (Lipinski definition) is 6. The molecule has 1 N–H and O–H groups in total. The van der Waals surface area contributed by atoms with Gasteiger partial charge in [-0.15, -0.1) is 11.3 Å². The lowest BCUT2D eigenvalue weighted by Crippen LogP contribution is -2.20. The molecule has 0 aliphatic carbocycles. The number of ether oxygens (including phenoxy) is 2. The number of nitrogens with one attached hydrogen (secondary N) is 1. The first-order valence-corrected chi connectivity index (χ1v) is 8.00. The minimum absolute atomic E-state index is 0.190. The normalized spacial score (nSPS) is 9.86. The maximum absolute atomic E-state index is 11.8. The van der Waals surface area contributed by atoms with E-state index in [-0.39, 0.29) is 12.5 Å². The molecule has 0 aliphatic rings. The van der Waals surface area contributed by atoms with Crippen molar-refractivity contribution in [1.82, 2.24) is 4.98 Å². The second kappa shape index (κ2) is 7.77. The summed E-state index contributed by atoms with van der Waals surface area (Å²) in [6.45, 7) is 2.05. The summed E-state index contributed by atoms with van der Waals surface area (Å²) in [6, 6.07) is 5.22. The molecule has 2 aromatic rings. The first kappa shape index (κ1) is 16.3. The van der Waals surface area contributed by atoms with Crippen LogP contribution in [0.25, 0.3) is 0 Å². The number of carbonyl (C=O) groups is 1. The Labute approximate surface area is 139 Å². The number of benzene rings is 1. The molecule has 0 aliphatic heterocycles. The zero-order valence-corrected chi connectivity index (χ0v) is 14.0. The molecule has 0 fully saturated rings. The van der Waals surface area contributed by atoms with Crippen molar-refractivity contribution in [2.24, 2.45) is 0 Å². The number of halogens is 1. The van der Waals surface area contributed by atoms with E-state index in [1.807, 2.05) is 13.0 Å². The fourth-order valence-electron chi connectivity index (χ4n) is 1.61. The zero-order valence-electron chi connectivity index (χ0n) is 11.6. The molecule has 1 amide bonds. The molecule has 0 bridgehead atoms. The fourth-order valence-corrected chi connectivity index (χ4v) is 2.72. The van der Waals surface area contributed by atoms with Crippen molar-refractivity contribution in [3.8, 4) is 17.6 Å². The number of nitriles is 1. The maximum Gasteiger partial charge on any atom is 0.264 e. The first-order valence-electron chi connectivity index (χ1n) is 6.32. The van der Waals surface area contributed by atoms with Gasteiger partial charge in [0.25, 0.3) is 5.91 Å². The van der Waals surface area contributed by atoms with Crippen LogP contribution in [-0.2, 0) is 4.79 Å². The van der Waals surface area contributed by atoms with Gasteiger partial charge in [0.05, 0.1) is 22.7 Å². The molecule has 22 heavy (non-hydrogen) atoms. The van der Waals surface area contributed by atoms with Gasteiger partial charge in [-0.3, -0.25) is 10.1 Å². The molecular formula is C14H12BrN3O3S. The third-order valence-electron chi connectivity index (χ3n) is 2.46. The predicted octanol–water partition coefficient (Wildman–Crippen LogP) is 3.19. The van der Waals surface area contributed by atoms with Gasteiger partial charge in [-0.25, -0.2) is 4.98 Å². The van der Waals surface area contributed by atoms with Crippen LogP contribution in [-0.4, -0.2) is 24.1 Å². The number of aromatic nitrogens is 1. The number of amides is 1. The first-order chi connectivity index (χ1) is 10.6. The summed E-state index contributed by atoms with van der Waals surface area (Å²) in [7, 11) is 0. The lowest BCUT2D eigenvalue weighted by Gasteiger charge is -2.13. The minimum Gasteiger partial charge on any atom is -0.490 e. The molecule has 2 rings (SSSR count). The molecule has 0 saturated heterocycles. The SMILES string of the molecule is CCOc1cc(C#N)cc(Br)c1OCC(=O)Nc1nccs1. The van der Waals surface area contributed by atoms with Crippen LogP contribution < -0.4 is 14.8 Å². The Bertz CT molecular complexity index is 698.